The Morgan fingerprint density at radius 3 is 2.41 bits per heavy atom. The van der Waals surface area contributed by atoms with Gasteiger partial charge in [-0.15, -0.1) is 0 Å². The first-order valence-electron chi connectivity index (χ1n) is 10.9. The number of carbonyl (C=O) groups is 1. The fourth-order valence-corrected chi connectivity index (χ4v) is 3.78. The third-order valence-electron chi connectivity index (χ3n) is 5.27. The topological polar surface area (TPSA) is 113 Å². The molecule has 1 unspecified atom stereocenters. The lowest BCUT2D eigenvalue weighted by Gasteiger charge is -2.27. The SMILES string of the molecule is CCOC(=O)C1=C(C)OC(N)=C(C#N)C1c1ccc(OC)c(COc2ccccc2OCC)c1. The maximum Gasteiger partial charge on any atom is 0.338 e. The van der Waals surface area contributed by atoms with Crippen LogP contribution >= 0.6 is 0 Å². The van der Waals surface area contributed by atoms with E-state index < -0.39 is 11.9 Å². The van der Waals surface area contributed by atoms with Crippen LogP contribution in [0.2, 0.25) is 0 Å². The van der Waals surface area contributed by atoms with Crippen molar-refractivity contribution in [3.05, 3.63) is 76.4 Å². The van der Waals surface area contributed by atoms with Gasteiger partial charge in [0.25, 0.3) is 0 Å². The van der Waals surface area contributed by atoms with Gasteiger partial charge in [0.2, 0.25) is 5.88 Å². The summed E-state index contributed by atoms with van der Waals surface area (Å²) in [5.41, 5.74) is 7.74. The first-order valence-corrected chi connectivity index (χ1v) is 10.9. The second kappa shape index (κ2) is 11.1. The normalized spacial score (nSPS) is 15.3. The monoisotopic (exact) mass is 464 g/mol. The third kappa shape index (κ3) is 5.09. The maximum absolute atomic E-state index is 12.8. The Hall–Kier alpha value is -4.12. The molecule has 0 saturated carbocycles. The van der Waals surface area contributed by atoms with Gasteiger partial charge in [0.05, 0.1) is 31.8 Å². The van der Waals surface area contributed by atoms with Gasteiger partial charge in [-0.05, 0) is 50.6 Å². The molecule has 178 valence electrons. The van der Waals surface area contributed by atoms with Gasteiger partial charge < -0.3 is 29.4 Å². The van der Waals surface area contributed by atoms with Crippen molar-refractivity contribution in [3.63, 3.8) is 0 Å². The number of nitrogens with two attached hydrogens (primary N) is 1. The van der Waals surface area contributed by atoms with Gasteiger partial charge in [-0.1, -0.05) is 18.2 Å². The second-order valence-corrected chi connectivity index (χ2v) is 7.35. The summed E-state index contributed by atoms with van der Waals surface area (Å²) in [5, 5.41) is 9.81. The Bertz CT molecular complexity index is 1160. The first kappa shape index (κ1) is 24.5. The van der Waals surface area contributed by atoms with Crippen molar-refractivity contribution < 1.29 is 28.5 Å². The van der Waals surface area contributed by atoms with Gasteiger partial charge in [-0.3, -0.25) is 0 Å². The van der Waals surface area contributed by atoms with Crippen LogP contribution in [0.5, 0.6) is 17.2 Å². The summed E-state index contributed by atoms with van der Waals surface area (Å²) < 4.78 is 27.9. The van der Waals surface area contributed by atoms with Gasteiger partial charge in [-0.25, -0.2) is 4.79 Å². The molecular weight excluding hydrogens is 436 g/mol. The van der Waals surface area contributed by atoms with Crippen LogP contribution in [0, 0.1) is 11.3 Å². The zero-order chi connectivity index (χ0) is 24.7. The number of methoxy groups -OCH3 is 1. The molecule has 8 nitrogen and oxygen atoms in total. The standard InChI is InChI=1S/C26H28N2O6/c1-5-31-21-9-7-8-10-22(21)33-15-18-13-17(11-12-20(18)30-4)24-19(14-27)25(28)34-16(3)23(24)26(29)32-6-2/h7-13,24H,5-6,15,28H2,1-4H3. The quantitative estimate of drug-likeness (QED) is 0.546. The molecule has 0 bridgehead atoms. The van der Waals surface area contributed by atoms with Crippen molar-refractivity contribution in [2.24, 2.45) is 5.73 Å². The minimum atomic E-state index is -0.752. The molecule has 2 aromatic rings. The van der Waals surface area contributed by atoms with Crippen LogP contribution in [0.1, 0.15) is 37.8 Å². The van der Waals surface area contributed by atoms with E-state index in [-0.39, 0.29) is 30.2 Å². The molecule has 2 aromatic carbocycles. The summed E-state index contributed by atoms with van der Waals surface area (Å²) in [5.74, 6) is 0.751. The summed E-state index contributed by atoms with van der Waals surface area (Å²) >= 11 is 0. The number of benzene rings is 2. The largest absolute Gasteiger partial charge is 0.496 e. The predicted molar refractivity (Wildman–Crippen MR) is 125 cm³/mol. The summed E-state index contributed by atoms with van der Waals surface area (Å²) in [6, 6.07) is 14.8. The van der Waals surface area contributed by atoms with Crippen LogP contribution in [0.3, 0.4) is 0 Å². The summed E-state index contributed by atoms with van der Waals surface area (Å²) in [6.45, 7) is 6.10. The Labute approximate surface area is 199 Å². The van der Waals surface area contributed by atoms with Crippen molar-refractivity contribution in [1.82, 2.24) is 0 Å². The summed E-state index contributed by atoms with van der Waals surface area (Å²) in [6.07, 6.45) is 0. The fourth-order valence-electron chi connectivity index (χ4n) is 3.78. The van der Waals surface area contributed by atoms with Gasteiger partial charge >= 0.3 is 5.97 Å². The average molecular weight is 465 g/mol. The number of para-hydroxylation sites is 2. The molecule has 0 saturated heterocycles. The molecule has 0 radical (unpaired) electrons. The fraction of sp³-hybridized carbons (Fsp3) is 0.308. The third-order valence-corrected chi connectivity index (χ3v) is 5.27. The first-order chi connectivity index (χ1) is 16.4. The van der Waals surface area contributed by atoms with Gasteiger partial charge in [0.15, 0.2) is 11.5 Å². The number of ether oxygens (including phenoxy) is 5. The number of nitrogens with zero attached hydrogens (tertiary/aromatic N) is 1. The van der Waals surface area contributed by atoms with Crippen molar-refractivity contribution >= 4 is 5.97 Å². The smallest absolute Gasteiger partial charge is 0.338 e. The van der Waals surface area contributed by atoms with Crippen LogP contribution in [-0.2, 0) is 20.9 Å². The molecule has 1 aliphatic heterocycles. The van der Waals surface area contributed by atoms with E-state index in [4.69, 9.17) is 29.4 Å². The van der Waals surface area contributed by atoms with E-state index >= 15 is 0 Å². The molecule has 0 fully saturated rings. The molecule has 0 spiro atoms. The van der Waals surface area contributed by atoms with E-state index in [0.717, 1.165) is 5.56 Å². The Balaban J connectivity index is 2.02. The van der Waals surface area contributed by atoms with Gasteiger partial charge in [0, 0.05) is 5.56 Å². The lowest BCUT2D eigenvalue weighted by atomic mass is 9.82. The lowest BCUT2D eigenvalue weighted by molar-refractivity contribution is -0.139. The molecule has 1 atom stereocenters. The Morgan fingerprint density at radius 2 is 1.79 bits per heavy atom. The molecule has 1 aliphatic rings. The molecule has 34 heavy (non-hydrogen) atoms. The number of nitriles is 1. The van der Waals surface area contributed by atoms with Gasteiger partial charge in [0.1, 0.15) is 29.8 Å². The van der Waals surface area contributed by atoms with E-state index in [1.54, 1.807) is 33.1 Å². The highest BCUT2D eigenvalue weighted by molar-refractivity contribution is 5.92. The minimum Gasteiger partial charge on any atom is -0.496 e. The molecule has 2 N–H and O–H groups in total. The average Bonchev–Trinajstić information content (AvgIpc) is 2.83. The highest BCUT2D eigenvalue weighted by Gasteiger charge is 2.36. The highest BCUT2D eigenvalue weighted by atomic mass is 16.5. The van der Waals surface area contributed by atoms with Gasteiger partial charge in [-0.2, -0.15) is 5.26 Å². The van der Waals surface area contributed by atoms with Crippen LogP contribution in [-0.4, -0.2) is 26.3 Å². The van der Waals surface area contributed by atoms with Crippen LogP contribution in [0.4, 0.5) is 0 Å². The van der Waals surface area contributed by atoms with Crippen molar-refractivity contribution in [1.29, 1.82) is 5.26 Å². The lowest BCUT2D eigenvalue weighted by Crippen LogP contribution is -2.25. The zero-order valence-electron chi connectivity index (χ0n) is 19.7. The van der Waals surface area contributed by atoms with E-state index in [1.807, 2.05) is 37.3 Å². The molecule has 0 aromatic heterocycles. The summed E-state index contributed by atoms with van der Waals surface area (Å²) in [7, 11) is 1.56. The maximum atomic E-state index is 12.8. The molecule has 3 rings (SSSR count). The number of carbonyl (C=O) groups excluding carboxylic acids is 1. The molecule has 1 heterocycles. The van der Waals surface area contributed by atoms with E-state index in [0.29, 0.717) is 35.2 Å². The number of rotatable bonds is 9. The minimum absolute atomic E-state index is 0.0442. The Morgan fingerprint density at radius 1 is 1.09 bits per heavy atom. The predicted octanol–water partition coefficient (Wildman–Crippen LogP) is 4.32. The zero-order valence-corrected chi connectivity index (χ0v) is 19.7. The molecular formula is C26H28N2O6. The number of esters is 1. The number of allylic oxidation sites excluding steroid dienone is 2. The number of hydrogen-bond donors (Lipinski definition) is 1. The molecule has 0 aliphatic carbocycles. The van der Waals surface area contributed by atoms with E-state index in [2.05, 4.69) is 6.07 Å². The molecule has 8 heteroatoms. The van der Waals surface area contributed by atoms with Crippen LogP contribution in [0.25, 0.3) is 0 Å². The van der Waals surface area contributed by atoms with E-state index in [1.165, 1.54) is 0 Å². The summed E-state index contributed by atoms with van der Waals surface area (Å²) in [4.78, 5) is 12.8. The van der Waals surface area contributed by atoms with Crippen molar-refractivity contribution in [2.45, 2.75) is 33.3 Å². The van der Waals surface area contributed by atoms with E-state index in [9.17, 15) is 10.1 Å². The second-order valence-electron chi connectivity index (χ2n) is 7.35. The van der Waals surface area contributed by atoms with Crippen molar-refractivity contribution in [2.75, 3.05) is 20.3 Å². The number of hydrogen-bond acceptors (Lipinski definition) is 8. The molecule has 0 amide bonds. The van der Waals surface area contributed by atoms with Crippen LogP contribution < -0.4 is 19.9 Å². The highest BCUT2D eigenvalue weighted by Crippen LogP contribution is 2.41. The van der Waals surface area contributed by atoms with Crippen LogP contribution in [0.15, 0.2) is 65.3 Å². The Kier molecular flexibility index (Phi) is 8.04. The van der Waals surface area contributed by atoms with Crippen molar-refractivity contribution in [3.8, 4) is 23.3 Å².